The Hall–Kier alpha value is -8.72. The number of rotatable bonds is 9. The van der Waals surface area contributed by atoms with E-state index in [1.54, 1.807) is 0 Å². The Morgan fingerprint density at radius 1 is 0.258 bits per heavy atom. The molecule has 0 saturated heterocycles. The first kappa shape index (κ1) is 38.9. The zero-order valence-electron chi connectivity index (χ0n) is 36.3. The molecule has 0 N–H and O–H groups in total. The number of aromatic nitrogens is 1. The zero-order chi connectivity index (χ0) is 43.8. The van der Waals surface area contributed by atoms with E-state index in [0.29, 0.717) is 0 Å². The monoisotopic (exact) mass is 840 g/mol. The van der Waals surface area contributed by atoms with E-state index in [4.69, 9.17) is 0 Å². The first-order valence-electron chi connectivity index (χ1n) is 22.7. The summed E-state index contributed by atoms with van der Waals surface area (Å²) in [6.07, 6.45) is 0. The molecule has 0 aliphatic heterocycles. The van der Waals surface area contributed by atoms with Crippen LogP contribution >= 0.6 is 0 Å². The Balaban J connectivity index is 0.981. The van der Waals surface area contributed by atoms with Gasteiger partial charge in [0.15, 0.2) is 0 Å². The molecule has 0 fully saturated rings. The minimum Gasteiger partial charge on any atom is -0.310 e. The molecular formula is C64H44N2. The standard InChI is InChI=1S/C64H44N2/c1-5-18-45(19-6-1)47-32-38-53(39-33-47)65(56-27-17-26-52(44-56)46-20-7-2-8-21-46)54-40-34-48(35-41-54)49-36-42-55(43-37-49)66-63(51-24-11-4-12-25-51)61(50-22-9-3-10-23-50)62-59-30-15-13-28-57(59)58-29-14-16-31-60(58)64(62)66/h1-44H. The van der Waals surface area contributed by atoms with E-state index < -0.39 is 0 Å². The van der Waals surface area contributed by atoms with Gasteiger partial charge in [-0.15, -0.1) is 0 Å². The molecule has 12 rings (SSSR count). The Bertz CT molecular complexity index is 3630. The average Bonchev–Trinajstić information content (AvgIpc) is 3.77. The van der Waals surface area contributed by atoms with Gasteiger partial charge in [-0.3, -0.25) is 0 Å². The fourth-order valence-electron chi connectivity index (χ4n) is 9.91. The molecule has 1 heterocycles. The van der Waals surface area contributed by atoms with Crippen LogP contribution in [0.4, 0.5) is 17.1 Å². The van der Waals surface area contributed by atoms with E-state index in [9.17, 15) is 0 Å². The summed E-state index contributed by atoms with van der Waals surface area (Å²) in [7, 11) is 0. The van der Waals surface area contributed by atoms with Gasteiger partial charge in [-0.2, -0.15) is 0 Å². The molecule has 11 aromatic carbocycles. The second kappa shape index (κ2) is 16.8. The fourth-order valence-corrected chi connectivity index (χ4v) is 9.91. The highest BCUT2D eigenvalue weighted by Crippen LogP contribution is 2.49. The summed E-state index contributed by atoms with van der Waals surface area (Å²) in [4.78, 5) is 2.36. The molecule has 0 unspecified atom stereocenters. The largest absolute Gasteiger partial charge is 0.310 e. The number of fused-ring (bicyclic) bond motifs is 6. The van der Waals surface area contributed by atoms with Crippen LogP contribution in [0.15, 0.2) is 267 Å². The lowest BCUT2D eigenvalue weighted by Crippen LogP contribution is -2.10. The quantitative estimate of drug-likeness (QED) is 0.131. The molecular weight excluding hydrogens is 797 g/mol. The summed E-state index contributed by atoms with van der Waals surface area (Å²) in [6, 6.07) is 96.7. The van der Waals surface area contributed by atoms with Crippen molar-refractivity contribution in [2.24, 2.45) is 0 Å². The van der Waals surface area contributed by atoms with Crippen LogP contribution in [-0.2, 0) is 0 Å². The number of benzene rings is 11. The van der Waals surface area contributed by atoms with E-state index in [1.807, 2.05) is 0 Å². The van der Waals surface area contributed by atoms with E-state index >= 15 is 0 Å². The van der Waals surface area contributed by atoms with Crippen molar-refractivity contribution in [2.75, 3.05) is 4.90 Å². The maximum absolute atomic E-state index is 2.51. The summed E-state index contributed by atoms with van der Waals surface area (Å²) < 4.78 is 2.51. The van der Waals surface area contributed by atoms with Crippen LogP contribution < -0.4 is 4.90 Å². The van der Waals surface area contributed by atoms with Gasteiger partial charge < -0.3 is 9.47 Å². The third-order valence-corrected chi connectivity index (χ3v) is 13.0. The zero-order valence-corrected chi connectivity index (χ0v) is 36.3. The van der Waals surface area contributed by atoms with Gasteiger partial charge in [0.05, 0.1) is 11.2 Å². The molecule has 0 saturated carbocycles. The molecule has 310 valence electrons. The molecule has 0 amide bonds. The maximum atomic E-state index is 2.51. The van der Waals surface area contributed by atoms with Crippen molar-refractivity contribution >= 4 is 49.5 Å². The molecule has 0 bridgehead atoms. The van der Waals surface area contributed by atoms with E-state index in [2.05, 4.69) is 276 Å². The van der Waals surface area contributed by atoms with Crippen LogP contribution in [0.25, 0.3) is 93.9 Å². The highest BCUT2D eigenvalue weighted by molar-refractivity contribution is 6.30. The van der Waals surface area contributed by atoms with Crippen molar-refractivity contribution in [2.45, 2.75) is 0 Å². The van der Waals surface area contributed by atoms with Gasteiger partial charge in [0.25, 0.3) is 0 Å². The SMILES string of the molecule is c1ccc(-c2ccc(N(c3ccc(-c4ccc(-n5c(-c6ccccc6)c(-c6ccccc6)c6c7ccccc7c7ccccc7c65)cc4)cc3)c3cccc(-c4ccccc4)c3)cc2)cc1. The second-order valence-electron chi connectivity index (χ2n) is 16.9. The molecule has 0 aliphatic rings. The molecule has 0 atom stereocenters. The lowest BCUT2D eigenvalue weighted by atomic mass is 9.92. The first-order valence-corrected chi connectivity index (χ1v) is 22.7. The highest BCUT2D eigenvalue weighted by atomic mass is 15.1. The minimum atomic E-state index is 1.09. The van der Waals surface area contributed by atoms with Crippen molar-refractivity contribution in [1.29, 1.82) is 0 Å². The van der Waals surface area contributed by atoms with Crippen molar-refractivity contribution in [3.8, 4) is 61.5 Å². The van der Waals surface area contributed by atoms with Gasteiger partial charge in [-0.1, -0.05) is 218 Å². The summed E-state index contributed by atoms with van der Waals surface area (Å²) in [5.41, 5.74) is 17.5. The van der Waals surface area contributed by atoms with Crippen LogP contribution in [0.1, 0.15) is 0 Å². The number of hydrogen-bond acceptors (Lipinski definition) is 1. The smallest absolute Gasteiger partial charge is 0.0626 e. The topological polar surface area (TPSA) is 8.17 Å². The second-order valence-corrected chi connectivity index (χ2v) is 16.9. The van der Waals surface area contributed by atoms with Crippen LogP contribution in [0.2, 0.25) is 0 Å². The summed E-state index contributed by atoms with van der Waals surface area (Å²) >= 11 is 0. The molecule has 0 aliphatic carbocycles. The van der Waals surface area contributed by atoms with Gasteiger partial charge >= 0.3 is 0 Å². The molecule has 2 heteroatoms. The Kier molecular flexibility index (Phi) is 9.89. The third kappa shape index (κ3) is 6.93. The maximum Gasteiger partial charge on any atom is 0.0626 e. The van der Waals surface area contributed by atoms with E-state index in [0.717, 1.165) is 33.9 Å². The Morgan fingerprint density at radius 2 is 0.652 bits per heavy atom. The van der Waals surface area contributed by atoms with Crippen molar-refractivity contribution in [1.82, 2.24) is 4.57 Å². The van der Waals surface area contributed by atoms with Crippen LogP contribution in [0.5, 0.6) is 0 Å². The van der Waals surface area contributed by atoms with E-state index in [1.165, 1.54) is 77.1 Å². The summed E-state index contributed by atoms with van der Waals surface area (Å²) in [5, 5.41) is 6.27. The molecule has 0 spiro atoms. The van der Waals surface area contributed by atoms with Gasteiger partial charge in [-0.05, 0) is 109 Å². The van der Waals surface area contributed by atoms with Crippen LogP contribution in [0, 0.1) is 0 Å². The predicted octanol–water partition coefficient (Wildman–Crippen LogP) is 17.7. The number of nitrogens with zero attached hydrogens (tertiary/aromatic N) is 2. The molecule has 2 nitrogen and oxygen atoms in total. The molecule has 12 aromatic rings. The lowest BCUT2D eigenvalue weighted by Gasteiger charge is -2.26. The van der Waals surface area contributed by atoms with Crippen molar-refractivity contribution < 1.29 is 0 Å². The number of hydrogen-bond donors (Lipinski definition) is 0. The lowest BCUT2D eigenvalue weighted by molar-refractivity contribution is 1.14. The van der Waals surface area contributed by atoms with Crippen LogP contribution in [0.3, 0.4) is 0 Å². The van der Waals surface area contributed by atoms with Crippen molar-refractivity contribution in [3.63, 3.8) is 0 Å². The third-order valence-electron chi connectivity index (χ3n) is 13.0. The average molecular weight is 841 g/mol. The molecule has 66 heavy (non-hydrogen) atoms. The summed E-state index contributed by atoms with van der Waals surface area (Å²) in [5.74, 6) is 0. The first-order chi connectivity index (χ1) is 32.8. The van der Waals surface area contributed by atoms with Gasteiger partial charge in [0.2, 0.25) is 0 Å². The van der Waals surface area contributed by atoms with Gasteiger partial charge in [-0.25, -0.2) is 0 Å². The summed E-state index contributed by atoms with van der Waals surface area (Å²) in [6.45, 7) is 0. The highest BCUT2D eigenvalue weighted by Gasteiger charge is 2.25. The Labute approximate surface area is 385 Å². The predicted molar refractivity (Wildman–Crippen MR) is 280 cm³/mol. The minimum absolute atomic E-state index is 1.09. The van der Waals surface area contributed by atoms with Crippen LogP contribution in [-0.4, -0.2) is 4.57 Å². The van der Waals surface area contributed by atoms with Gasteiger partial charge in [0, 0.05) is 39.1 Å². The fraction of sp³-hybridized carbons (Fsp3) is 0. The normalized spacial score (nSPS) is 11.3. The number of anilines is 3. The molecule has 0 radical (unpaired) electrons. The molecule has 1 aromatic heterocycles. The van der Waals surface area contributed by atoms with Gasteiger partial charge in [0.1, 0.15) is 0 Å². The van der Waals surface area contributed by atoms with E-state index in [-0.39, 0.29) is 0 Å². The van der Waals surface area contributed by atoms with Crippen molar-refractivity contribution in [3.05, 3.63) is 267 Å². The Morgan fingerprint density at radius 3 is 1.20 bits per heavy atom.